The Hall–Kier alpha value is -3.06. The number of rotatable bonds is 5. The zero-order chi connectivity index (χ0) is 17.3. The van der Waals surface area contributed by atoms with Crippen molar-refractivity contribution in [3.05, 3.63) is 59.9 Å². The number of fused-ring (bicyclic) bond motifs is 1. The van der Waals surface area contributed by atoms with Crippen molar-refractivity contribution in [3.8, 4) is 0 Å². The van der Waals surface area contributed by atoms with Gasteiger partial charge in [-0.25, -0.2) is 0 Å². The summed E-state index contributed by atoms with van der Waals surface area (Å²) < 4.78 is 0. The first-order chi connectivity index (χ1) is 11.4. The molecule has 2 heterocycles. The molecule has 1 aliphatic rings. The Bertz CT molecular complexity index is 822. The molecule has 1 aromatic carbocycles. The van der Waals surface area contributed by atoms with Gasteiger partial charge in [-0.1, -0.05) is 18.2 Å². The molecule has 2 amide bonds. The average Bonchev–Trinajstić information content (AvgIpc) is 2.78. The number of Topliss-reactive ketones (excluding diaryl/α,β-unsaturated/α-hetero) is 1. The van der Waals surface area contributed by atoms with E-state index in [0.29, 0.717) is 11.3 Å². The van der Waals surface area contributed by atoms with E-state index >= 15 is 0 Å². The summed E-state index contributed by atoms with van der Waals surface area (Å²) in [5.41, 5.74) is 4.11. The molecule has 1 aromatic heterocycles. The number of anilines is 1. The summed E-state index contributed by atoms with van der Waals surface area (Å²) in [6.45, 7) is -0.362. The Morgan fingerprint density at radius 2 is 1.96 bits per heavy atom. The van der Waals surface area contributed by atoms with Crippen molar-refractivity contribution in [1.82, 2.24) is 4.98 Å². The number of hydrogen-bond donors (Lipinski definition) is 2. The number of ketones is 1. The monoisotopic (exact) mass is 325 g/mol. The van der Waals surface area contributed by atoms with Crippen molar-refractivity contribution in [2.24, 2.45) is 5.73 Å². The van der Waals surface area contributed by atoms with E-state index in [-0.39, 0.29) is 12.1 Å². The van der Waals surface area contributed by atoms with Crippen LogP contribution in [0.4, 0.5) is 5.69 Å². The van der Waals surface area contributed by atoms with Crippen LogP contribution in [0.5, 0.6) is 0 Å². The highest BCUT2D eigenvalue weighted by atomic mass is 16.3. The Morgan fingerprint density at radius 3 is 2.62 bits per heavy atom. The standard InChI is InChI=1S/C17H15N3O4/c18-15(22)10-20-13-6-2-1-5-12(13)17(24,16(20)23)8-14(21)11-4-3-7-19-9-11/h1-7,9,24H,8,10H2,(H2,18,22)/t17-/m0/s1. The lowest BCUT2D eigenvalue weighted by Crippen LogP contribution is -2.44. The second-order valence-corrected chi connectivity index (χ2v) is 5.58. The fraction of sp³-hybridized carbons (Fsp3) is 0.176. The normalized spacial score (nSPS) is 19.2. The summed E-state index contributed by atoms with van der Waals surface area (Å²) in [7, 11) is 0. The van der Waals surface area contributed by atoms with E-state index in [2.05, 4.69) is 4.98 Å². The van der Waals surface area contributed by atoms with Gasteiger partial charge in [0.05, 0.1) is 12.1 Å². The molecular formula is C17H15N3O4. The van der Waals surface area contributed by atoms with E-state index in [0.717, 1.165) is 4.90 Å². The zero-order valence-electron chi connectivity index (χ0n) is 12.7. The maximum atomic E-state index is 12.7. The van der Waals surface area contributed by atoms with Crippen LogP contribution in [0.3, 0.4) is 0 Å². The van der Waals surface area contributed by atoms with Crippen molar-refractivity contribution in [3.63, 3.8) is 0 Å². The molecule has 1 aliphatic heterocycles. The molecule has 0 saturated heterocycles. The zero-order valence-corrected chi connectivity index (χ0v) is 12.7. The number of hydrogen-bond acceptors (Lipinski definition) is 5. The lowest BCUT2D eigenvalue weighted by molar-refractivity contribution is -0.136. The van der Waals surface area contributed by atoms with Gasteiger partial charge in [0.25, 0.3) is 5.91 Å². The van der Waals surface area contributed by atoms with Crippen LogP contribution in [0.2, 0.25) is 0 Å². The Labute approximate surface area is 137 Å². The maximum Gasteiger partial charge on any atom is 0.264 e. The molecule has 0 radical (unpaired) electrons. The molecule has 7 nitrogen and oxygen atoms in total. The molecule has 0 aliphatic carbocycles. The fourth-order valence-electron chi connectivity index (χ4n) is 2.85. The number of aromatic nitrogens is 1. The van der Waals surface area contributed by atoms with E-state index in [1.54, 1.807) is 36.4 Å². The maximum absolute atomic E-state index is 12.7. The number of pyridine rings is 1. The molecule has 1 atom stereocenters. The summed E-state index contributed by atoms with van der Waals surface area (Å²) in [5, 5.41) is 10.9. The molecule has 3 rings (SSSR count). The first kappa shape index (κ1) is 15.8. The van der Waals surface area contributed by atoms with Crippen LogP contribution in [0.1, 0.15) is 22.3 Å². The largest absolute Gasteiger partial charge is 0.375 e. The molecule has 0 fully saturated rings. The van der Waals surface area contributed by atoms with Gasteiger partial charge in [-0.3, -0.25) is 24.3 Å². The Morgan fingerprint density at radius 1 is 1.21 bits per heavy atom. The van der Waals surface area contributed by atoms with Gasteiger partial charge < -0.3 is 10.8 Å². The average molecular weight is 325 g/mol. The van der Waals surface area contributed by atoms with Crippen LogP contribution >= 0.6 is 0 Å². The summed E-state index contributed by atoms with van der Waals surface area (Å²) in [6, 6.07) is 9.65. The third kappa shape index (κ3) is 2.55. The Kier molecular flexibility index (Phi) is 3.86. The molecular weight excluding hydrogens is 310 g/mol. The molecule has 2 aromatic rings. The molecule has 0 bridgehead atoms. The third-order valence-corrected chi connectivity index (χ3v) is 3.95. The molecule has 0 unspecified atom stereocenters. The third-order valence-electron chi connectivity index (χ3n) is 3.95. The molecule has 24 heavy (non-hydrogen) atoms. The molecule has 0 saturated carbocycles. The van der Waals surface area contributed by atoms with Crippen LogP contribution in [-0.2, 0) is 15.2 Å². The number of carbonyl (C=O) groups excluding carboxylic acids is 3. The van der Waals surface area contributed by atoms with Crippen LogP contribution < -0.4 is 10.6 Å². The lowest BCUT2D eigenvalue weighted by atomic mass is 9.88. The van der Waals surface area contributed by atoms with Gasteiger partial charge in [-0.2, -0.15) is 0 Å². The topological polar surface area (TPSA) is 114 Å². The van der Waals surface area contributed by atoms with Crippen molar-refractivity contribution < 1.29 is 19.5 Å². The van der Waals surface area contributed by atoms with E-state index in [4.69, 9.17) is 5.73 Å². The second-order valence-electron chi connectivity index (χ2n) is 5.58. The smallest absolute Gasteiger partial charge is 0.264 e. The summed E-state index contributed by atoms with van der Waals surface area (Å²) in [4.78, 5) is 41.3. The number of carbonyl (C=O) groups is 3. The number of primary amides is 1. The van der Waals surface area contributed by atoms with Crippen LogP contribution in [0.25, 0.3) is 0 Å². The molecule has 0 spiro atoms. The van der Waals surface area contributed by atoms with E-state index in [1.807, 2.05) is 0 Å². The van der Waals surface area contributed by atoms with Gasteiger partial charge in [0.2, 0.25) is 5.91 Å². The predicted molar refractivity (Wildman–Crippen MR) is 85.1 cm³/mol. The van der Waals surface area contributed by atoms with Gasteiger partial charge in [-0.15, -0.1) is 0 Å². The van der Waals surface area contributed by atoms with E-state index in [9.17, 15) is 19.5 Å². The van der Waals surface area contributed by atoms with Crippen molar-refractivity contribution >= 4 is 23.3 Å². The first-order valence-electron chi connectivity index (χ1n) is 7.29. The van der Waals surface area contributed by atoms with Crippen LogP contribution in [-0.4, -0.2) is 34.2 Å². The SMILES string of the molecule is NC(=O)CN1C(=O)[C@](O)(CC(=O)c2cccnc2)c2ccccc21. The van der Waals surface area contributed by atoms with Crippen molar-refractivity contribution in [2.75, 3.05) is 11.4 Å². The number of nitrogens with zero attached hydrogens (tertiary/aromatic N) is 2. The number of amides is 2. The summed E-state index contributed by atoms with van der Waals surface area (Å²) in [6.07, 6.45) is 2.46. The fourth-order valence-corrected chi connectivity index (χ4v) is 2.85. The molecule has 3 N–H and O–H groups in total. The van der Waals surface area contributed by atoms with Crippen LogP contribution in [0, 0.1) is 0 Å². The number of nitrogens with two attached hydrogens (primary N) is 1. The minimum Gasteiger partial charge on any atom is -0.375 e. The van der Waals surface area contributed by atoms with Gasteiger partial charge in [0.15, 0.2) is 11.4 Å². The first-order valence-corrected chi connectivity index (χ1v) is 7.29. The predicted octanol–water partition coefficient (Wildman–Crippen LogP) is 0.374. The summed E-state index contributed by atoms with van der Waals surface area (Å²) in [5.74, 6) is -1.87. The molecule has 7 heteroatoms. The van der Waals surface area contributed by atoms with Gasteiger partial charge in [-0.05, 0) is 18.2 Å². The van der Waals surface area contributed by atoms with Crippen molar-refractivity contribution in [2.45, 2.75) is 12.0 Å². The van der Waals surface area contributed by atoms with E-state index < -0.39 is 29.6 Å². The highest BCUT2D eigenvalue weighted by Gasteiger charge is 2.51. The quantitative estimate of drug-likeness (QED) is 0.771. The Balaban J connectivity index is 1.98. The molecule has 122 valence electrons. The van der Waals surface area contributed by atoms with Crippen molar-refractivity contribution in [1.29, 1.82) is 0 Å². The van der Waals surface area contributed by atoms with Gasteiger partial charge >= 0.3 is 0 Å². The lowest BCUT2D eigenvalue weighted by Gasteiger charge is -2.22. The minimum absolute atomic E-state index is 0.286. The summed E-state index contributed by atoms with van der Waals surface area (Å²) >= 11 is 0. The minimum atomic E-state index is -2.03. The number of aliphatic hydroxyl groups is 1. The van der Waals surface area contributed by atoms with Gasteiger partial charge in [0.1, 0.15) is 6.54 Å². The van der Waals surface area contributed by atoms with Crippen LogP contribution in [0.15, 0.2) is 48.8 Å². The number of para-hydroxylation sites is 1. The van der Waals surface area contributed by atoms with E-state index in [1.165, 1.54) is 12.4 Å². The second kappa shape index (κ2) is 5.86. The highest BCUT2D eigenvalue weighted by molar-refractivity contribution is 6.12. The highest BCUT2D eigenvalue weighted by Crippen LogP contribution is 2.42. The number of benzene rings is 1. The van der Waals surface area contributed by atoms with Gasteiger partial charge in [0, 0.05) is 23.5 Å².